The first-order valence-electron chi connectivity index (χ1n) is 11.8. The number of aliphatic hydroxyl groups is 2. The maximum absolute atomic E-state index is 13.5. The predicted molar refractivity (Wildman–Crippen MR) is 107 cm³/mol. The molecule has 0 heterocycles. The summed E-state index contributed by atoms with van der Waals surface area (Å²) in [5, 5.41) is 20.6. The van der Waals surface area contributed by atoms with Gasteiger partial charge in [0.1, 0.15) is 0 Å². The van der Waals surface area contributed by atoms with Gasteiger partial charge in [-0.15, -0.1) is 0 Å². The summed E-state index contributed by atoms with van der Waals surface area (Å²) in [5.41, 5.74) is -2.31. The van der Waals surface area contributed by atoms with Crippen molar-refractivity contribution >= 4 is 0 Å². The van der Waals surface area contributed by atoms with E-state index in [1.807, 2.05) is 6.92 Å². The van der Waals surface area contributed by atoms with Crippen LogP contribution >= 0.6 is 0 Å². The summed E-state index contributed by atoms with van der Waals surface area (Å²) in [6, 6.07) is 0. The maximum Gasteiger partial charge on any atom is 0.417 e. The number of aliphatic hydroxyl groups excluding tert-OH is 1. The summed E-state index contributed by atoms with van der Waals surface area (Å²) in [5.74, 6) is 2.53. The summed E-state index contributed by atoms with van der Waals surface area (Å²) in [4.78, 5) is 0. The second kappa shape index (κ2) is 6.85. The molecule has 4 aliphatic carbocycles. The van der Waals surface area contributed by atoms with E-state index in [-0.39, 0.29) is 35.7 Å². The van der Waals surface area contributed by atoms with Crippen LogP contribution in [0.1, 0.15) is 85.5 Å². The van der Waals surface area contributed by atoms with Gasteiger partial charge in [-0.2, -0.15) is 13.2 Å². The Morgan fingerprint density at radius 3 is 2.14 bits per heavy atom. The molecule has 2 N–H and O–H groups in total. The molecular formula is C24H39F3O2. The molecule has 2 nitrogen and oxygen atoms in total. The van der Waals surface area contributed by atoms with Gasteiger partial charge in [-0.3, -0.25) is 0 Å². The highest BCUT2D eigenvalue weighted by Gasteiger charge is 2.65. The van der Waals surface area contributed by atoms with Gasteiger partial charge in [0.05, 0.1) is 6.10 Å². The first kappa shape index (κ1) is 21.9. The number of hydrogen-bond donors (Lipinski definition) is 2. The van der Waals surface area contributed by atoms with Crippen molar-refractivity contribution in [2.45, 2.75) is 103 Å². The second-order valence-corrected chi connectivity index (χ2v) is 11.7. The van der Waals surface area contributed by atoms with E-state index in [0.29, 0.717) is 36.0 Å². The van der Waals surface area contributed by atoms with Gasteiger partial charge in [0.25, 0.3) is 0 Å². The number of halogens is 3. The van der Waals surface area contributed by atoms with Gasteiger partial charge < -0.3 is 10.2 Å². The Kier molecular flexibility index (Phi) is 5.18. The van der Waals surface area contributed by atoms with Crippen molar-refractivity contribution in [1.82, 2.24) is 0 Å². The molecule has 1 unspecified atom stereocenters. The van der Waals surface area contributed by atoms with E-state index < -0.39 is 11.8 Å². The first-order chi connectivity index (χ1) is 13.3. The van der Waals surface area contributed by atoms with Crippen LogP contribution < -0.4 is 0 Å². The van der Waals surface area contributed by atoms with Crippen LogP contribution in [0, 0.1) is 46.3 Å². The Morgan fingerprint density at radius 2 is 1.52 bits per heavy atom. The van der Waals surface area contributed by atoms with E-state index in [9.17, 15) is 23.4 Å². The molecule has 4 rings (SSSR count). The van der Waals surface area contributed by atoms with Crippen molar-refractivity contribution in [2.24, 2.45) is 46.3 Å². The summed E-state index contributed by atoms with van der Waals surface area (Å²) in [6.45, 7) is 8.76. The quantitative estimate of drug-likeness (QED) is 0.583. The standard InChI is InChI=1S/C24H39F3O2/c1-14(15(2)28)18-7-8-19-17-6-5-16-13-23(29,24(25,26)27)12-11-21(16,3)20(17)9-10-22(18,19)4/h14-20,28-29H,5-13H2,1-4H3/t14-,15?,16+,17+,18-,19+,20+,21+,22-,23+/m1/s1. The Morgan fingerprint density at radius 1 is 0.862 bits per heavy atom. The van der Waals surface area contributed by atoms with Gasteiger partial charge in [-0.25, -0.2) is 0 Å². The van der Waals surface area contributed by atoms with Crippen molar-refractivity contribution in [3.63, 3.8) is 0 Å². The molecule has 0 radical (unpaired) electrons. The molecule has 0 aromatic heterocycles. The number of fused-ring (bicyclic) bond motifs is 5. The fourth-order valence-corrected chi connectivity index (χ4v) is 8.74. The molecule has 0 saturated heterocycles. The topological polar surface area (TPSA) is 40.5 Å². The van der Waals surface area contributed by atoms with E-state index in [1.165, 1.54) is 12.8 Å². The summed E-state index contributed by atoms with van der Waals surface area (Å²) in [7, 11) is 0. The lowest BCUT2D eigenvalue weighted by Gasteiger charge is -2.62. The van der Waals surface area contributed by atoms with Gasteiger partial charge in [0.15, 0.2) is 5.60 Å². The lowest BCUT2D eigenvalue weighted by atomic mass is 9.43. The minimum absolute atomic E-state index is 0.0259. The van der Waals surface area contributed by atoms with Gasteiger partial charge in [0, 0.05) is 0 Å². The SMILES string of the molecule is CC(O)[C@@H](C)[C@H]1CC[C@H]2[C@@H]3CC[C@H]4C[C@](O)(C(F)(F)F)CC[C@]4(C)[C@H]3CC[C@]12C. The zero-order chi connectivity index (χ0) is 21.4. The molecule has 0 spiro atoms. The highest BCUT2D eigenvalue weighted by atomic mass is 19.4. The van der Waals surface area contributed by atoms with E-state index in [4.69, 9.17) is 0 Å². The second-order valence-electron chi connectivity index (χ2n) is 11.7. The number of alkyl halides is 3. The predicted octanol–water partition coefficient (Wildman–Crippen LogP) is 5.96. The Bertz CT molecular complexity index is 634. The molecule has 4 fully saturated rings. The van der Waals surface area contributed by atoms with Crippen LogP contribution in [0.2, 0.25) is 0 Å². The minimum Gasteiger partial charge on any atom is -0.393 e. The van der Waals surface area contributed by atoms with E-state index in [1.54, 1.807) is 0 Å². The summed E-state index contributed by atoms with van der Waals surface area (Å²) < 4.78 is 40.4. The molecule has 168 valence electrons. The van der Waals surface area contributed by atoms with Gasteiger partial charge in [0.2, 0.25) is 0 Å². The third-order valence-electron chi connectivity index (χ3n) is 10.7. The Labute approximate surface area is 173 Å². The lowest BCUT2D eigenvalue weighted by Crippen LogP contribution is -2.59. The van der Waals surface area contributed by atoms with Crippen LogP contribution in [0.15, 0.2) is 0 Å². The molecule has 0 bridgehead atoms. The van der Waals surface area contributed by atoms with Crippen LogP contribution in [-0.2, 0) is 0 Å². The molecule has 5 heteroatoms. The van der Waals surface area contributed by atoms with Crippen LogP contribution in [0.3, 0.4) is 0 Å². The first-order valence-corrected chi connectivity index (χ1v) is 11.8. The zero-order valence-electron chi connectivity index (χ0n) is 18.4. The zero-order valence-corrected chi connectivity index (χ0v) is 18.4. The molecule has 29 heavy (non-hydrogen) atoms. The number of hydrogen-bond acceptors (Lipinski definition) is 2. The molecular weight excluding hydrogens is 377 g/mol. The maximum atomic E-state index is 13.5. The smallest absolute Gasteiger partial charge is 0.393 e. The normalized spacial score (nSPS) is 52.2. The molecule has 0 aromatic carbocycles. The van der Waals surface area contributed by atoms with Crippen molar-refractivity contribution in [2.75, 3.05) is 0 Å². The summed E-state index contributed by atoms with van der Waals surface area (Å²) >= 11 is 0. The van der Waals surface area contributed by atoms with E-state index >= 15 is 0 Å². The average Bonchev–Trinajstić information content (AvgIpc) is 2.98. The van der Waals surface area contributed by atoms with Crippen LogP contribution in [-0.4, -0.2) is 28.1 Å². The monoisotopic (exact) mass is 416 g/mol. The molecule has 0 aromatic rings. The molecule has 4 aliphatic rings. The molecule has 0 aliphatic heterocycles. The lowest BCUT2D eigenvalue weighted by molar-refractivity contribution is -0.290. The average molecular weight is 417 g/mol. The summed E-state index contributed by atoms with van der Waals surface area (Å²) in [6.07, 6.45) is 1.85. The highest BCUT2D eigenvalue weighted by Crippen LogP contribution is 2.69. The van der Waals surface area contributed by atoms with Crippen molar-refractivity contribution in [3.8, 4) is 0 Å². The van der Waals surface area contributed by atoms with Crippen LogP contribution in [0.25, 0.3) is 0 Å². The van der Waals surface area contributed by atoms with E-state index in [0.717, 1.165) is 25.7 Å². The third kappa shape index (κ3) is 3.11. The largest absolute Gasteiger partial charge is 0.417 e. The number of rotatable bonds is 2. The van der Waals surface area contributed by atoms with Gasteiger partial charge >= 0.3 is 6.18 Å². The molecule has 10 atom stereocenters. The van der Waals surface area contributed by atoms with Gasteiger partial charge in [-0.1, -0.05) is 20.8 Å². The third-order valence-corrected chi connectivity index (χ3v) is 10.7. The van der Waals surface area contributed by atoms with E-state index in [2.05, 4.69) is 20.8 Å². The minimum atomic E-state index is -4.52. The van der Waals surface area contributed by atoms with Crippen molar-refractivity contribution in [3.05, 3.63) is 0 Å². The Hall–Kier alpha value is -0.290. The fourth-order valence-electron chi connectivity index (χ4n) is 8.74. The molecule has 0 amide bonds. The van der Waals surface area contributed by atoms with Crippen molar-refractivity contribution in [1.29, 1.82) is 0 Å². The highest BCUT2D eigenvalue weighted by molar-refractivity contribution is 5.11. The molecule has 4 saturated carbocycles. The fraction of sp³-hybridized carbons (Fsp3) is 1.00. The van der Waals surface area contributed by atoms with Crippen LogP contribution in [0.4, 0.5) is 13.2 Å². The van der Waals surface area contributed by atoms with Crippen LogP contribution in [0.5, 0.6) is 0 Å². The van der Waals surface area contributed by atoms with Gasteiger partial charge in [-0.05, 0) is 111 Å². The van der Waals surface area contributed by atoms with Crippen molar-refractivity contribution < 1.29 is 23.4 Å². The Balaban J connectivity index is 1.56.